The Labute approximate surface area is 91.5 Å². The normalized spacial score (nSPS) is 12.5. The van der Waals surface area contributed by atoms with Gasteiger partial charge in [0.2, 0.25) is 0 Å². The Morgan fingerprint density at radius 3 is 2.47 bits per heavy atom. The maximum atomic E-state index is 12.0. The highest BCUT2D eigenvalue weighted by molar-refractivity contribution is 5.98. The molecule has 0 radical (unpaired) electrons. The summed E-state index contributed by atoms with van der Waals surface area (Å²) in [6.07, 6.45) is 0.808. The van der Waals surface area contributed by atoms with E-state index in [0.29, 0.717) is 6.54 Å². The Balaban J connectivity index is 2.96. The Bertz CT molecular complexity index is 354. The molecule has 0 spiro atoms. The van der Waals surface area contributed by atoms with E-state index >= 15 is 0 Å². The molecule has 1 aromatic carbocycles. The number of carbonyl (C=O) groups excluding carboxylic acids is 1. The Morgan fingerprint density at radius 2 is 2.00 bits per heavy atom. The van der Waals surface area contributed by atoms with Gasteiger partial charge in [-0.25, -0.2) is 0 Å². The second-order valence-corrected chi connectivity index (χ2v) is 4.00. The first-order valence-electron chi connectivity index (χ1n) is 5.41. The molecule has 2 heteroatoms. The van der Waals surface area contributed by atoms with Crippen LogP contribution in [0.15, 0.2) is 18.2 Å². The maximum absolute atomic E-state index is 12.0. The summed E-state index contributed by atoms with van der Waals surface area (Å²) in [6.45, 7) is 6.50. The molecule has 0 aliphatic carbocycles. The topological polar surface area (TPSA) is 43.1 Å². The molecule has 0 bridgehead atoms. The zero-order chi connectivity index (χ0) is 11.4. The number of Topliss-reactive ketones (excluding diaryl/α,β-unsaturated/α-hetero) is 1. The van der Waals surface area contributed by atoms with E-state index in [1.165, 1.54) is 5.56 Å². The fraction of sp³-hybridized carbons (Fsp3) is 0.462. The molecule has 0 aliphatic rings. The summed E-state index contributed by atoms with van der Waals surface area (Å²) in [7, 11) is 0. The lowest BCUT2D eigenvalue weighted by Gasteiger charge is -2.11. The van der Waals surface area contributed by atoms with Gasteiger partial charge in [-0.05, 0) is 37.5 Å². The van der Waals surface area contributed by atoms with Crippen molar-refractivity contribution in [3.63, 3.8) is 0 Å². The van der Waals surface area contributed by atoms with Crippen LogP contribution in [0, 0.1) is 19.8 Å². The third-order valence-electron chi connectivity index (χ3n) is 2.94. The van der Waals surface area contributed by atoms with Crippen molar-refractivity contribution in [1.29, 1.82) is 0 Å². The monoisotopic (exact) mass is 205 g/mol. The zero-order valence-electron chi connectivity index (χ0n) is 9.71. The van der Waals surface area contributed by atoms with Crippen LogP contribution in [-0.4, -0.2) is 12.3 Å². The van der Waals surface area contributed by atoms with E-state index in [1.54, 1.807) is 0 Å². The molecule has 82 valence electrons. The summed E-state index contributed by atoms with van der Waals surface area (Å²) >= 11 is 0. The van der Waals surface area contributed by atoms with Crippen molar-refractivity contribution in [1.82, 2.24) is 0 Å². The van der Waals surface area contributed by atoms with E-state index in [4.69, 9.17) is 5.73 Å². The number of hydrogen-bond donors (Lipinski definition) is 1. The number of rotatable bonds is 4. The molecule has 2 N–H and O–H groups in total. The highest BCUT2D eigenvalue weighted by Crippen LogP contribution is 2.15. The first-order valence-corrected chi connectivity index (χ1v) is 5.41. The minimum absolute atomic E-state index is 0.0351. The van der Waals surface area contributed by atoms with E-state index in [1.807, 2.05) is 39.0 Å². The summed E-state index contributed by atoms with van der Waals surface area (Å²) in [5.74, 6) is 0.134. The van der Waals surface area contributed by atoms with Gasteiger partial charge in [-0.15, -0.1) is 0 Å². The largest absolute Gasteiger partial charge is 0.330 e. The van der Waals surface area contributed by atoms with Crippen LogP contribution < -0.4 is 5.73 Å². The summed E-state index contributed by atoms with van der Waals surface area (Å²) in [5.41, 5.74) is 8.73. The van der Waals surface area contributed by atoms with Crippen molar-refractivity contribution in [3.05, 3.63) is 34.9 Å². The van der Waals surface area contributed by atoms with E-state index in [-0.39, 0.29) is 11.7 Å². The van der Waals surface area contributed by atoms with E-state index in [2.05, 4.69) is 0 Å². The fourth-order valence-electron chi connectivity index (χ4n) is 1.59. The number of nitrogens with two attached hydrogens (primary N) is 1. The van der Waals surface area contributed by atoms with Crippen LogP contribution in [0.2, 0.25) is 0 Å². The van der Waals surface area contributed by atoms with Crippen LogP contribution >= 0.6 is 0 Å². The van der Waals surface area contributed by atoms with Gasteiger partial charge in [-0.1, -0.05) is 19.1 Å². The molecule has 0 aromatic heterocycles. The van der Waals surface area contributed by atoms with Gasteiger partial charge in [0, 0.05) is 18.0 Å². The van der Waals surface area contributed by atoms with Gasteiger partial charge in [0.05, 0.1) is 0 Å². The molecule has 1 atom stereocenters. The molecule has 1 unspecified atom stereocenters. The van der Waals surface area contributed by atoms with E-state index < -0.39 is 0 Å². The average molecular weight is 205 g/mol. The quantitative estimate of drug-likeness (QED) is 0.767. The van der Waals surface area contributed by atoms with Crippen LogP contribution in [0.25, 0.3) is 0 Å². The second kappa shape index (κ2) is 5.08. The van der Waals surface area contributed by atoms with Crippen molar-refractivity contribution in [3.8, 4) is 0 Å². The second-order valence-electron chi connectivity index (χ2n) is 4.00. The van der Waals surface area contributed by atoms with Crippen LogP contribution in [-0.2, 0) is 0 Å². The van der Waals surface area contributed by atoms with Crippen molar-refractivity contribution >= 4 is 5.78 Å². The third-order valence-corrected chi connectivity index (χ3v) is 2.94. The van der Waals surface area contributed by atoms with E-state index in [0.717, 1.165) is 17.5 Å². The Morgan fingerprint density at radius 1 is 1.33 bits per heavy atom. The number of aryl methyl sites for hydroxylation is 2. The zero-order valence-corrected chi connectivity index (χ0v) is 9.71. The molecule has 1 aromatic rings. The Hall–Kier alpha value is -1.15. The lowest BCUT2D eigenvalue weighted by atomic mass is 9.93. The molecular weight excluding hydrogens is 186 g/mol. The molecule has 0 amide bonds. The minimum Gasteiger partial charge on any atom is -0.330 e. The SMILES string of the molecule is CCC(CN)C(=O)c1ccc(C)c(C)c1. The van der Waals surface area contributed by atoms with Crippen molar-refractivity contribution < 1.29 is 4.79 Å². The highest BCUT2D eigenvalue weighted by Gasteiger charge is 2.16. The smallest absolute Gasteiger partial charge is 0.167 e. The minimum atomic E-state index is -0.0351. The molecule has 2 nitrogen and oxygen atoms in total. The van der Waals surface area contributed by atoms with Crippen LogP contribution in [0.1, 0.15) is 34.8 Å². The molecule has 0 aliphatic heterocycles. The van der Waals surface area contributed by atoms with Gasteiger partial charge in [-0.3, -0.25) is 4.79 Å². The molecule has 1 rings (SSSR count). The number of hydrogen-bond acceptors (Lipinski definition) is 2. The van der Waals surface area contributed by atoms with Crippen molar-refractivity contribution in [2.75, 3.05) is 6.54 Å². The lowest BCUT2D eigenvalue weighted by molar-refractivity contribution is 0.0921. The van der Waals surface area contributed by atoms with Crippen molar-refractivity contribution in [2.24, 2.45) is 11.7 Å². The van der Waals surface area contributed by atoms with Crippen LogP contribution in [0.5, 0.6) is 0 Å². The molecule has 0 saturated heterocycles. The average Bonchev–Trinajstić information content (AvgIpc) is 2.23. The molecule has 15 heavy (non-hydrogen) atoms. The number of ketones is 1. The van der Waals surface area contributed by atoms with Crippen molar-refractivity contribution in [2.45, 2.75) is 27.2 Å². The summed E-state index contributed by atoms with van der Waals surface area (Å²) in [5, 5.41) is 0. The fourth-order valence-corrected chi connectivity index (χ4v) is 1.59. The molecule has 0 fully saturated rings. The summed E-state index contributed by atoms with van der Waals surface area (Å²) < 4.78 is 0. The first kappa shape index (κ1) is 11.9. The van der Waals surface area contributed by atoms with Crippen LogP contribution in [0.4, 0.5) is 0 Å². The molecule has 0 heterocycles. The predicted molar refractivity (Wildman–Crippen MR) is 63.1 cm³/mol. The van der Waals surface area contributed by atoms with Gasteiger partial charge >= 0.3 is 0 Å². The summed E-state index contributed by atoms with van der Waals surface area (Å²) in [4.78, 5) is 12.0. The van der Waals surface area contributed by atoms with Gasteiger partial charge < -0.3 is 5.73 Å². The standard InChI is InChI=1S/C13H19NO/c1-4-11(8-14)13(15)12-6-5-9(2)10(3)7-12/h5-7,11H,4,8,14H2,1-3H3. The molecule has 0 saturated carbocycles. The van der Waals surface area contributed by atoms with Gasteiger partial charge in [-0.2, -0.15) is 0 Å². The maximum Gasteiger partial charge on any atom is 0.167 e. The van der Waals surface area contributed by atoms with Gasteiger partial charge in [0.25, 0.3) is 0 Å². The number of carbonyl (C=O) groups is 1. The summed E-state index contributed by atoms with van der Waals surface area (Å²) in [6, 6.07) is 5.84. The number of benzene rings is 1. The third kappa shape index (κ3) is 2.66. The molecular formula is C13H19NO. The van der Waals surface area contributed by atoms with Gasteiger partial charge in [0.15, 0.2) is 5.78 Å². The Kier molecular flexibility index (Phi) is 4.04. The predicted octanol–water partition coefficient (Wildman–Crippen LogP) is 2.47. The first-order chi connectivity index (χ1) is 7.10. The lowest BCUT2D eigenvalue weighted by Crippen LogP contribution is -2.23. The highest BCUT2D eigenvalue weighted by atomic mass is 16.1. The van der Waals surface area contributed by atoms with E-state index in [9.17, 15) is 4.79 Å². The van der Waals surface area contributed by atoms with Gasteiger partial charge in [0.1, 0.15) is 0 Å². The van der Waals surface area contributed by atoms with Crippen LogP contribution in [0.3, 0.4) is 0 Å².